The molecule has 1 amide bonds. The van der Waals surface area contributed by atoms with Crippen LogP contribution in [0.4, 0.5) is 5.69 Å². The van der Waals surface area contributed by atoms with Gasteiger partial charge in [0.25, 0.3) is 5.91 Å². The lowest BCUT2D eigenvalue weighted by atomic mass is 10.2. The van der Waals surface area contributed by atoms with Crippen LogP contribution in [0.15, 0.2) is 30.5 Å². The smallest absolute Gasteiger partial charge is 0.355 e. The van der Waals surface area contributed by atoms with Gasteiger partial charge in [0.2, 0.25) is 0 Å². The van der Waals surface area contributed by atoms with Crippen LogP contribution in [0.5, 0.6) is 0 Å². The van der Waals surface area contributed by atoms with Crippen LogP contribution in [-0.4, -0.2) is 29.3 Å². The van der Waals surface area contributed by atoms with Crippen molar-refractivity contribution in [2.24, 2.45) is 0 Å². The summed E-state index contributed by atoms with van der Waals surface area (Å²) in [5, 5.41) is 3.20. The normalized spacial score (nSPS) is 10.2. The lowest BCUT2D eigenvalue weighted by molar-refractivity contribution is -0.119. The van der Waals surface area contributed by atoms with Gasteiger partial charge in [-0.3, -0.25) is 9.59 Å². The Morgan fingerprint density at radius 1 is 1.26 bits per heavy atom. The number of esters is 1. The van der Waals surface area contributed by atoms with E-state index < -0.39 is 18.5 Å². The van der Waals surface area contributed by atoms with Crippen LogP contribution in [0.2, 0.25) is 5.02 Å². The summed E-state index contributed by atoms with van der Waals surface area (Å²) in [7, 11) is 0. The number of ether oxygens (including phenoxy) is 1. The van der Waals surface area contributed by atoms with Gasteiger partial charge < -0.3 is 15.0 Å². The Morgan fingerprint density at radius 2 is 2.00 bits per heavy atom. The number of benzene rings is 1. The van der Waals surface area contributed by atoms with Crippen molar-refractivity contribution in [3.05, 3.63) is 52.3 Å². The number of amides is 1. The second-order valence-electron chi connectivity index (χ2n) is 4.94. The molecule has 0 radical (unpaired) electrons. The molecular formula is C16H15ClN2O4. The average Bonchev–Trinajstić information content (AvgIpc) is 2.98. The van der Waals surface area contributed by atoms with E-state index >= 15 is 0 Å². The van der Waals surface area contributed by atoms with Gasteiger partial charge in [-0.1, -0.05) is 11.6 Å². The maximum Gasteiger partial charge on any atom is 0.355 e. The van der Waals surface area contributed by atoms with Crippen LogP contribution < -0.4 is 5.32 Å². The van der Waals surface area contributed by atoms with Crippen molar-refractivity contribution in [1.82, 2.24) is 4.98 Å². The van der Waals surface area contributed by atoms with Crippen molar-refractivity contribution in [1.29, 1.82) is 0 Å². The molecule has 0 fully saturated rings. The van der Waals surface area contributed by atoms with Gasteiger partial charge in [0, 0.05) is 22.5 Å². The zero-order chi connectivity index (χ0) is 17.0. The molecule has 0 aliphatic carbocycles. The van der Waals surface area contributed by atoms with Crippen molar-refractivity contribution >= 4 is 34.9 Å². The predicted octanol–water partition coefficient (Wildman–Crippen LogP) is 2.97. The van der Waals surface area contributed by atoms with Gasteiger partial charge in [-0.25, -0.2) is 4.79 Å². The Labute approximate surface area is 137 Å². The molecule has 2 aromatic rings. The Kier molecular flexibility index (Phi) is 5.18. The monoisotopic (exact) mass is 334 g/mol. The van der Waals surface area contributed by atoms with Crippen molar-refractivity contribution in [2.75, 3.05) is 11.9 Å². The van der Waals surface area contributed by atoms with E-state index in [0.717, 1.165) is 5.56 Å². The fraction of sp³-hybridized carbons (Fsp3) is 0.188. The van der Waals surface area contributed by atoms with Gasteiger partial charge in [-0.2, -0.15) is 0 Å². The number of carbonyl (C=O) groups is 3. The molecule has 7 heteroatoms. The number of rotatable bonds is 5. The zero-order valence-electron chi connectivity index (χ0n) is 12.6. The summed E-state index contributed by atoms with van der Waals surface area (Å²) in [6.07, 6.45) is 1.41. The molecule has 0 spiro atoms. The first kappa shape index (κ1) is 16.8. The molecule has 6 nitrogen and oxygen atoms in total. The first-order valence-corrected chi connectivity index (χ1v) is 7.17. The third-order valence-electron chi connectivity index (χ3n) is 3.11. The molecular weight excluding hydrogens is 320 g/mol. The number of H-pyrrole nitrogens is 1. The van der Waals surface area contributed by atoms with Gasteiger partial charge in [-0.05, 0) is 43.7 Å². The molecule has 2 rings (SSSR count). The van der Waals surface area contributed by atoms with Gasteiger partial charge in [0.15, 0.2) is 12.4 Å². The van der Waals surface area contributed by atoms with Crippen molar-refractivity contribution in [3.63, 3.8) is 0 Å². The summed E-state index contributed by atoms with van der Waals surface area (Å²) in [6.45, 7) is 2.76. The molecule has 0 bridgehead atoms. The molecule has 23 heavy (non-hydrogen) atoms. The van der Waals surface area contributed by atoms with Crippen LogP contribution in [0.3, 0.4) is 0 Å². The quantitative estimate of drug-likeness (QED) is 0.650. The summed E-state index contributed by atoms with van der Waals surface area (Å²) in [4.78, 5) is 37.4. The average molecular weight is 335 g/mol. The molecule has 2 N–H and O–H groups in total. The molecule has 0 aliphatic heterocycles. The highest BCUT2D eigenvalue weighted by Gasteiger charge is 2.14. The van der Waals surface area contributed by atoms with E-state index in [1.165, 1.54) is 19.2 Å². The minimum absolute atomic E-state index is 0.116. The highest BCUT2D eigenvalue weighted by molar-refractivity contribution is 6.30. The number of anilines is 1. The molecule has 0 atom stereocenters. The lowest BCUT2D eigenvalue weighted by Gasteiger charge is -2.09. The number of hydrogen-bond donors (Lipinski definition) is 2. The number of aromatic nitrogens is 1. The Morgan fingerprint density at radius 3 is 2.61 bits per heavy atom. The number of halogens is 1. The first-order chi connectivity index (χ1) is 10.9. The third kappa shape index (κ3) is 4.43. The summed E-state index contributed by atoms with van der Waals surface area (Å²) >= 11 is 5.84. The van der Waals surface area contributed by atoms with Crippen LogP contribution >= 0.6 is 11.6 Å². The van der Waals surface area contributed by atoms with Crippen molar-refractivity contribution < 1.29 is 19.1 Å². The topological polar surface area (TPSA) is 88.3 Å². The molecule has 120 valence electrons. The fourth-order valence-electron chi connectivity index (χ4n) is 1.88. The maximum atomic E-state index is 11.8. The van der Waals surface area contributed by atoms with E-state index in [1.54, 1.807) is 25.1 Å². The number of aromatic amines is 1. The molecule has 1 heterocycles. The van der Waals surface area contributed by atoms with Gasteiger partial charge in [0.1, 0.15) is 5.69 Å². The minimum Gasteiger partial charge on any atom is -0.451 e. The highest BCUT2D eigenvalue weighted by atomic mass is 35.5. The van der Waals surface area contributed by atoms with E-state index in [-0.39, 0.29) is 11.5 Å². The van der Waals surface area contributed by atoms with Crippen LogP contribution in [0.25, 0.3) is 0 Å². The van der Waals surface area contributed by atoms with E-state index in [4.69, 9.17) is 16.3 Å². The highest BCUT2D eigenvalue weighted by Crippen LogP contribution is 2.19. The molecule has 1 aromatic carbocycles. The fourth-order valence-corrected chi connectivity index (χ4v) is 2.10. The van der Waals surface area contributed by atoms with Crippen molar-refractivity contribution in [2.45, 2.75) is 13.8 Å². The summed E-state index contributed by atoms with van der Waals surface area (Å²) in [6, 6.07) is 6.41. The van der Waals surface area contributed by atoms with Crippen LogP contribution in [-0.2, 0) is 9.53 Å². The largest absolute Gasteiger partial charge is 0.451 e. The van der Waals surface area contributed by atoms with Crippen LogP contribution in [0.1, 0.15) is 33.3 Å². The van der Waals surface area contributed by atoms with Gasteiger partial charge in [-0.15, -0.1) is 0 Å². The van der Waals surface area contributed by atoms with Gasteiger partial charge in [0.05, 0.1) is 0 Å². The number of ketones is 1. The number of aryl methyl sites for hydroxylation is 1. The summed E-state index contributed by atoms with van der Waals surface area (Å²) in [5.74, 6) is -1.35. The van der Waals surface area contributed by atoms with E-state index in [9.17, 15) is 14.4 Å². The molecule has 1 aromatic heterocycles. The van der Waals surface area contributed by atoms with E-state index in [2.05, 4.69) is 10.3 Å². The summed E-state index contributed by atoms with van der Waals surface area (Å²) in [5.41, 5.74) is 1.88. The zero-order valence-corrected chi connectivity index (χ0v) is 13.4. The number of Topliss-reactive ketones (excluding diaryl/α,β-unsaturated/α-hetero) is 1. The second kappa shape index (κ2) is 7.11. The SMILES string of the molecule is CC(=O)c1c[nH]c(C(=O)OCC(=O)Nc2ccc(Cl)cc2C)c1. The lowest BCUT2D eigenvalue weighted by Crippen LogP contribution is -2.21. The first-order valence-electron chi connectivity index (χ1n) is 6.79. The number of hydrogen-bond acceptors (Lipinski definition) is 4. The Bertz CT molecular complexity index is 767. The van der Waals surface area contributed by atoms with Crippen LogP contribution in [0, 0.1) is 6.92 Å². The van der Waals surface area contributed by atoms with E-state index in [0.29, 0.717) is 16.3 Å². The molecule has 0 aliphatic rings. The molecule has 0 unspecified atom stereocenters. The van der Waals surface area contributed by atoms with Crippen molar-refractivity contribution in [3.8, 4) is 0 Å². The summed E-state index contributed by atoms with van der Waals surface area (Å²) < 4.78 is 4.90. The Hall–Kier alpha value is -2.60. The van der Waals surface area contributed by atoms with E-state index in [1.807, 2.05) is 0 Å². The second-order valence-corrected chi connectivity index (χ2v) is 5.38. The number of carbonyl (C=O) groups excluding carboxylic acids is 3. The Balaban J connectivity index is 1.90. The minimum atomic E-state index is -0.708. The molecule has 0 saturated carbocycles. The third-order valence-corrected chi connectivity index (χ3v) is 3.34. The number of nitrogens with one attached hydrogen (secondary N) is 2. The standard InChI is InChI=1S/C16H15ClN2O4/c1-9-5-12(17)3-4-13(9)19-15(21)8-23-16(22)14-6-11(7-18-14)10(2)20/h3-7,18H,8H2,1-2H3,(H,19,21). The molecule has 0 saturated heterocycles. The predicted molar refractivity (Wildman–Crippen MR) is 85.9 cm³/mol. The van der Waals surface area contributed by atoms with Gasteiger partial charge >= 0.3 is 5.97 Å². The maximum absolute atomic E-state index is 11.8.